The van der Waals surface area contributed by atoms with Gasteiger partial charge in [0.15, 0.2) is 0 Å². The summed E-state index contributed by atoms with van der Waals surface area (Å²) in [4.78, 5) is 17.7. The minimum atomic E-state index is -0.267. The smallest absolute Gasteiger partial charge is 0.277 e. The van der Waals surface area contributed by atoms with Gasteiger partial charge < -0.3 is 0 Å². The maximum Gasteiger partial charge on any atom is 0.277 e. The summed E-state index contributed by atoms with van der Waals surface area (Å²) in [5, 5.41) is 2.87. The van der Waals surface area contributed by atoms with Crippen molar-refractivity contribution in [3.05, 3.63) is 28.1 Å². The van der Waals surface area contributed by atoms with Crippen LogP contribution in [0.2, 0.25) is 0 Å². The molecule has 84 valence electrons. The number of carbonyl (C=O) groups excluding carboxylic acids is 1. The Bertz CT molecular complexity index is 490. The molecule has 4 nitrogen and oxygen atoms in total. The minimum absolute atomic E-state index is 0.267. The van der Waals surface area contributed by atoms with Gasteiger partial charge in [0.2, 0.25) is 0 Å². The number of thiazole rings is 1. The number of nitrogens with zero attached hydrogens (tertiary/aromatic N) is 1. The van der Waals surface area contributed by atoms with E-state index in [9.17, 15) is 4.79 Å². The number of thiophene rings is 1. The first-order valence-corrected chi connectivity index (χ1v) is 6.50. The Labute approximate surface area is 101 Å². The highest BCUT2D eigenvalue weighted by atomic mass is 32.1. The van der Waals surface area contributed by atoms with E-state index in [0.29, 0.717) is 4.88 Å². The van der Waals surface area contributed by atoms with E-state index in [-0.39, 0.29) is 5.91 Å². The van der Waals surface area contributed by atoms with Crippen LogP contribution in [0.15, 0.2) is 17.5 Å². The third kappa shape index (κ3) is 1.99. The molecule has 3 N–H and O–H groups in total. The first kappa shape index (κ1) is 11.3. The number of hydrogen-bond donors (Lipinski definition) is 2. The summed E-state index contributed by atoms with van der Waals surface area (Å²) in [6.45, 7) is 1.97. The molecule has 0 aliphatic heterocycles. The van der Waals surface area contributed by atoms with Crippen molar-refractivity contribution >= 4 is 28.6 Å². The highest BCUT2D eigenvalue weighted by molar-refractivity contribution is 7.22. The summed E-state index contributed by atoms with van der Waals surface area (Å²) in [7, 11) is 0. The van der Waals surface area contributed by atoms with E-state index in [1.165, 1.54) is 11.3 Å². The zero-order chi connectivity index (χ0) is 11.5. The van der Waals surface area contributed by atoms with E-state index in [4.69, 9.17) is 5.84 Å². The topological polar surface area (TPSA) is 68.0 Å². The molecule has 0 spiro atoms. The highest BCUT2D eigenvalue weighted by Gasteiger charge is 2.17. The summed E-state index contributed by atoms with van der Waals surface area (Å²) < 4.78 is 0. The van der Waals surface area contributed by atoms with Crippen LogP contribution in [0.3, 0.4) is 0 Å². The Morgan fingerprint density at radius 2 is 2.44 bits per heavy atom. The molecule has 0 aromatic carbocycles. The fourth-order valence-corrected chi connectivity index (χ4v) is 3.19. The average Bonchev–Trinajstić information content (AvgIpc) is 2.95. The number of aryl methyl sites for hydroxylation is 1. The van der Waals surface area contributed by atoms with Gasteiger partial charge in [0.1, 0.15) is 9.88 Å². The number of aromatic nitrogens is 1. The van der Waals surface area contributed by atoms with Gasteiger partial charge in [-0.2, -0.15) is 0 Å². The number of nitrogen functional groups attached to an aromatic ring is 1. The lowest BCUT2D eigenvalue weighted by atomic mass is 10.3. The molecule has 0 radical (unpaired) electrons. The third-order valence-electron chi connectivity index (χ3n) is 2.10. The van der Waals surface area contributed by atoms with Gasteiger partial charge in [-0.1, -0.05) is 13.0 Å². The van der Waals surface area contributed by atoms with Crippen LogP contribution in [0, 0.1) is 0 Å². The lowest BCUT2D eigenvalue weighted by Gasteiger charge is -1.95. The number of carbonyl (C=O) groups is 1. The number of hydrazine groups is 1. The highest BCUT2D eigenvalue weighted by Crippen LogP contribution is 2.31. The fourth-order valence-electron chi connectivity index (χ4n) is 1.34. The summed E-state index contributed by atoms with van der Waals surface area (Å²) >= 11 is 2.99. The summed E-state index contributed by atoms with van der Waals surface area (Å²) in [6.07, 6.45) is 0.727. The Balaban J connectivity index is 2.44. The minimum Gasteiger partial charge on any atom is -0.289 e. The quantitative estimate of drug-likeness (QED) is 0.499. The maximum absolute atomic E-state index is 11.5. The average molecular weight is 253 g/mol. The zero-order valence-electron chi connectivity index (χ0n) is 8.69. The van der Waals surface area contributed by atoms with Gasteiger partial charge >= 0.3 is 0 Å². The first-order chi connectivity index (χ1) is 7.76. The van der Waals surface area contributed by atoms with Gasteiger partial charge in [0.05, 0.1) is 10.6 Å². The Morgan fingerprint density at radius 1 is 1.62 bits per heavy atom. The Kier molecular flexibility index (Phi) is 3.33. The van der Waals surface area contributed by atoms with Crippen LogP contribution in [0.1, 0.15) is 22.3 Å². The van der Waals surface area contributed by atoms with Crippen LogP contribution in [0.4, 0.5) is 0 Å². The number of nitrogens with one attached hydrogen (secondary N) is 1. The van der Waals surface area contributed by atoms with Crippen LogP contribution in [0.25, 0.3) is 9.88 Å². The van der Waals surface area contributed by atoms with Gasteiger partial charge in [-0.25, -0.2) is 10.8 Å². The fraction of sp³-hybridized carbons (Fsp3) is 0.200. The van der Waals surface area contributed by atoms with Gasteiger partial charge in [-0.15, -0.1) is 22.7 Å². The number of amides is 1. The second-order valence-electron chi connectivity index (χ2n) is 3.10. The summed E-state index contributed by atoms with van der Waals surface area (Å²) in [5.74, 6) is 4.87. The van der Waals surface area contributed by atoms with Crippen molar-refractivity contribution in [2.24, 2.45) is 5.84 Å². The van der Waals surface area contributed by atoms with Crippen molar-refractivity contribution in [3.8, 4) is 9.88 Å². The van der Waals surface area contributed by atoms with Gasteiger partial charge in [-0.3, -0.25) is 10.2 Å². The largest absolute Gasteiger partial charge is 0.289 e. The van der Waals surface area contributed by atoms with Gasteiger partial charge in [0.25, 0.3) is 5.91 Å². The van der Waals surface area contributed by atoms with Crippen molar-refractivity contribution < 1.29 is 4.79 Å². The molecule has 0 fully saturated rings. The third-order valence-corrected chi connectivity index (χ3v) is 4.24. The predicted molar refractivity (Wildman–Crippen MR) is 66.5 cm³/mol. The van der Waals surface area contributed by atoms with E-state index in [1.54, 1.807) is 11.3 Å². The molecule has 0 aliphatic carbocycles. The maximum atomic E-state index is 11.5. The van der Waals surface area contributed by atoms with Crippen LogP contribution in [0.5, 0.6) is 0 Å². The SMILES string of the molecule is CCc1nc(-c2cccs2)sc1C(=O)NN. The van der Waals surface area contributed by atoms with E-state index < -0.39 is 0 Å². The molecule has 0 aliphatic rings. The molecule has 2 aromatic heterocycles. The lowest BCUT2D eigenvalue weighted by molar-refractivity contribution is 0.0956. The number of nitrogens with two attached hydrogens (primary N) is 1. The van der Waals surface area contributed by atoms with E-state index in [1.807, 2.05) is 24.4 Å². The molecule has 16 heavy (non-hydrogen) atoms. The molecule has 0 bridgehead atoms. The van der Waals surface area contributed by atoms with Crippen LogP contribution >= 0.6 is 22.7 Å². The molecular formula is C10H11N3OS2. The second-order valence-corrected chi connectivity index (χ2v) is 5.05. The molecule has 0 saturated carbocycles. The molecule has 0 atom stereocenters. The van der Waals surface area contributed by atoms with E-state index >= 15 is 0 Å². The molecule has 2 aromatic rings. The molecule has 2 heterocycles. The van der Waals surface area contributed by atoms with Crippen molar-refractivity contribution in [2.75, 3.05) is 0 Å². The van der Waals surface area contributed by atoms with Crippen LogP contribution in [-0.4, -0.2) is 10.9 Å². The first-order valence-electron chi connectivity index (χ1n) is 4.80. The zero-order valence-corrected chi connectivity index (χ0v) is 10.3. The normalized spacial score (nSPS) is 10.4. The van der Waals surface area contributed by atoms with Gasteiger partial charge in [-0.05, 0) is 17.9 Å². The van der Waals surface area contributed by atoms with E-state index in [2.05, 4.69) is 10.4 Å². The molecule has 6 heteroatoms. The summed E-state index contributed by atoms with van der Waals surface area (Å²) in [5.41, 5.74) is 2.95. The Morgan fingerprint density at radius 3 is 3.00 bits per heavy atom. The lowest BCUT2D eigenvalue weighted by Crippen LogP contribution is -2.29. The van der Waals surface area contributed by atoms with Crippen LogP contribution < -0.4 is 11.3 Å². The van der Waals surface area contributed by atoms with E-state index in [0.717, 1.165) is 22.0 Å². The monoisotopic (exact) mass is 253 g/mol. The molecule has 0 unspecified atom stereocenters. The number of hydrogen-bond acceptors (Lipinski definition) is 5. The predicted octanol–water partition coefficient (Wildman–Crippen LogP) is 2.04. The standard InChI is InChI=1S/C10H11N3OS2/c1-2-6-8(9(14)13-11)16-10(12-6)7-4-3-5-15-7/h3-5H,2,11H2,1H3,(H,13,14). The summed E-state index contributed by atoms with van der Waals surface area (Å²) in [6, 6.07) is 3.96. The molecular weight excluding hydrogens is 242 g/mol. The molecule has 1 amide bonds. The van der Waals surface area contributed by atoms with Gasteiger partial charge in [0, 0.05) is 0 Å². The van der Waals surface area contributed by atoms with Crippen molar-refractivity contribution in [1.29, 1.82) is 0 Å². The molecule has 2 rings (SSSR count). The molecule has 0 saturated heterocycles. The van der Waals surface area contributed by atoms with Crippen molar-refractivity contribution in [3.63, 3.8) is 0 Å². The van der Waals surface area contributed by atoms with Crippen LogP contribution in [-0.2, 0) is 6.42 Å². The number of rotatable bonds is 3. The van der Waals surface area contributed by atoms with Crippen molar-refractivity contribution in [2.45, 2.75) is 13.3 Å². The Hall–Kier alpha value is -1.24. The van der Waals surface area contributed by atoms with Crippen molar-refractivity contribution in [1.82, 2.24) is 10.4 Å². The second kappa shape index (κ2) is 4.73.